The van der Waals surface area contributed by atoms with Crippen molar-refractivity contribution in [1.82, 2.24) is 25.2 Å². The van der Waals surface area contributed by atoms with Crippen LogP contribution in [0.15, 0.2) is 59.5 Å². The second-order valence-electron chi connectivity index (χ2n) is 15.4. The highest BCUT2D eigenvalue weighted by atomic mass is 35.5. The number of rotatable bonds is 5. The van der Waals surface area contributed by atoms with Gasteiger partial charge in [-0.25, -0.2) is 27.1 Å². The fourth-order valence-corrected chi connectivity index (χ4v) is 8.59. The number of carbonyl (C=O) groups excluding carboxylic acids is 5. The summed E-state index contributed by atoms with van der Waals surface area (Å²) in [6.07, 6.45) is 3.78. The summed E-state index contributed by atoms with van der Waals surface area (Å²) in [6.45, 7) is 4.91. The van der Waals surface area contributed by atoms with E-state index >= 15 is 0 Å². The SMILES string of the molecule is CC(C)(C)OC(=O)N[C@H]1CCCCC/C=C\[C@H]2C[C@@]2(C(=O)NS(=O)(=O)c2cccc(Cl)c2)NC(=O)[C@@H]2C[C@@H](OC(=O)N3Cc4cccc(F)c4C3)CN2C1=O. The largest absolute Gasteiger partial charge is 0.444 e. The standard InChI is InChI=1S/C38H45ClFN5O9S/c1-37(2,3)54-35(49)41-30-16-8-6-4-5-7-12-24-19-38(24,34(48)43-55(51,52)27-14-10-13-25(39)17-27)42-32(46)31-18-26(21-45(31)33(30)47)53-36(50)44-20-23-11-9-15-29(40)28(23)22-44/h7,9-15,17,24,26,30-31H,4-6,8,16,18-22H2,1-3H3,(H,41,49)(H,42,46)(H,43,48)/b12-7-/t24-,26+,30-,31-,38+/m0/s1. The monoisotopic (exact) mass is 801 g/mol. The van der Waals surface area contributed by atoms with Gasteiger partial charge in [0.15, 0.2) is 0 Å². The molecule has 55 heavy (non-hydrogen) atoms. The molecule has 0 radical (unpaired) electrons. The van der Waals surface area contributed by atoms with Gasteiger partial charge in [0.1, 0.15) is 35.1 Å². The van der Waals surface area contributed by atoms with Crippen molar-refractivity contribution < 1.29 is 46.3 Å². The maximum Gasteiger partial charge on any atom is 0.410 e. The minimum atomic E-state index is -4.40. The summed E-state index contributed by atoms with van der Waals surface area (Å²) in [5, 5.41) is 5.56. The average molecular weight is 802 g/mol. The van der Waals surface area contributed by atoms with Crippen molar-refractivity contribution in [3.05, 3.63) is 76.6 Å². The summed E-state index contributed by atoms with van der Waals surface area (Å²) < 4.78 is 54.3. The van der Waals surface area contributed by atoms with Gasteiger partial charge in [-0.3, -0.25) is 19.3 Å². The number of nitrogens with one attached hydrogen (secondary N) is 3. The Kier molecular flexibility index (Phi) is 11.5. The third-order valence-corrected chi connectivity index (χ3v) is 11.7. The van der Waals surface area contributed by atoms with Crippen molar-refractivity contribution in [2.75, 3.05) is 6.54 Å². The van der Waals surface area contributed by atoms with Crippen LogP contribution in [0.4, 0.5) is 14.0 Å². The van der Waals surface area contributed by atoms with E-state index in [1.54, 1.807) is 39.0 Å². The van der Waals surface area contributed by atoms with Crippen molar-refractivity contribution in [1.29, 1.82) is 0 Å². The molecule has 14 nitrogen and oxygen atoms in total. The van der Waals surface area contributed by atoms with E-state index in [1.165, 1.54) is 40.1 Å². The Morgan fingerprint density at radius 1 is 1.05 bits per heavy atom. The molecule has 1 saturated carbocycles. The van der Waals surface area contributed by atoms with Gasteiger partial charge in [-0.2, -0.15) is 0 Å². The van der Waals surface area contributed by atoms with Crippen LogP contribution in [0.2, 0.25) is 5.02 Å². The number of allylic oxidation sites excluding steroid dienone is 1. The van der Waals surface area contributed by atoms with Crippen LogP contribution in [0.1, 0.15) is 76.8 Å². The molecular weight excluding hydrogens is 757 g/mol. The van der Waals surface area contributed by atoms with Crippen molar-refractivity contribution in [2.24, 2.45) is 5.92 Å². The predicted octanol–water partition coefficient (Wildman–Crippen LogP) is 4.69. The number of nitrogens with zero attached hydrogens (tertiary/aromatic N) is 2. The first-order valence-electron chi connectivity index (χ1n) is 18.3. The topological polar surface area (TPSA) is 181 Å². The van der Waals surface area contributed by atoms with Gasteiger partial charge in [0.25, 0.3) is 15.9 Å². The van der Waals surface area contributed by atoms with Gasteiger partial charge in [0, 0.05) is 29.5 Å². The van der Waals surface area contributed by atoms with E-state index < -0.39 is 81.0 Å². The van der Waals surface area contributed by atoms with Gasteiger partial charge >= 0.3 is 12.2 Å². The summed E-state index contributed by atoms with van der Waals surface area (Å²) in [4.78, 5) is 71.2. The summed E-state index contributed by atoms with van der Waals surface area (Å²) >= 11 is 6.01. The van der Waals surface area contributed by atoms with Crippen molar-refractivity contribution >= 4 is 51.5 Å². The lowest BCUT2D eigenvalue weighted by Gasteiger charge is -2.30. The second-order valence-corrected chi connectivity index (χ2v) is 17.5. The molecule has 0 aromatic heterocycles. The second kappa shape index (κ2) is 15.8. The molecule has 0 bridgehead atoms. The smallest absolute Gasteiger partial charge is 0.410 e. The normalized spacial score (nSPS) is 26.3. The lowest BCUT2D eigenvalue weighted by Crippen LogP contribution is -2.58. The zero-order valence-electron chi connectivity index (χ0n) is 30.8. The predicted molar refractivity (Wildman–Crippen MR) is 197 cm³/mol. The van der Waals surface area contributed by atoms with E-state index in [1.807, 2.05) is 6.08 Å². The molecule has 17 heteroatoms. The number of amides is 5. The Balaban J connectivity index is 1.27. The van der Waals surface area contributed by atoms with Crippen LogP contribution in [-0.2, 0) is 47.0 Å². The number of ether oxygens (including phenoxy) is 2. The molecule has 3 aliphatic heterocycles. The molecule has 5 atom stereocenters. The van der Waals surface area contributed by atoms with E-state index in [4.69, 9.17) is 21.1 Å². The number of fused-ring (bicyclic) bond motifs is 3. The molecule has 3 heterocycles. The molecule has 3 N–H and O–H groups in total. The van der Waals surface area contributed by atoms with Gasteiger partial charge in [0.2, 0.25) is 11.8 Å². The van der Waals surface area contributed by atoms with Crippen molar-refractivity contribution in [3.63, 3.8) is 0 Å². The average Bonchev–Trinajstić information content (AvgIpc) is 3.40. The summed E-state index contributed by atoms with van der Waals surface area (Å²) in [5.74, 6) is -3.38. The number of hydrogen-bond donors (Lipinski definition) is 3. The molecule has 5 amide bonds. The summed E-state index contributed by atoms with van der Waals surface area (Å²) in [6, 6.07) is 7.56. The first kappa shape index (κ1) is 40.0. The molecule has 2 fully saturated rings. The number of hydrogen-bond acceptors (Lipinski definition) is 9. The lowest BCUT2D eigenvalue weighted by molar-refractivity contribution is -0.141. The van der Waals surface area contributed by atoms with Crippen LogP contribution in [0, 0.1) is 11.7 Å². The number of sulfonamides is 1. The lowest BCUT2D eigenvalue weighted by atomic mass is 10.0. The van der Waals surface area contributed by atoms with Crippen LogP contribution in [0.25, 0.3) is 0 Å². The van der Waals surface area contributed by atoms with Crippen molar-refractivity contribution in [2.45, 2.75) is 113 Å². The molecule has 1 saturated heterocycles. The van der Waals surface area contributed by atoms with Crippen LogP contribution < -0.4 is 15.4 Å². The first-order valence-corrected chi connectivity index (χ1v) is 20.2. The van der Waals surface area contributed by atoms with Gasteiger partial charge in [-0.05, 0) is 76.3 Å². The molecule has 2 aromatic rings. The quantitative estimate of drug-likeness (QED) is 0.362. The number of benzene rings is 2. The minimum Gasteiger partial charge on any atom is -0.444 e. The maximum atomic E-state index is 14.5. The fourth-order valence-electron chi connectivity index (χ4n) is 7.25. The highest BCUT2D eigenvalue weighted by Gasteiger charge is 2.61. The Labute approximate surface area is 324 Å². The van der Waals surface area contributed by atoms with Crippen LogP contribution in [-0.4, -0.2) is 84.0 Å². The van der Waals surface area contributed by atoms with Crippen LogP contribution in [0.5, 0.6) is 0 Å². The zero-order chi connectivity index (χ0) is 39.7. The number of alkyl carbamates (subject to hydrolysis) is 1. The van der Waals surface area contributed by atoms with E-state index in [0.717, 1.165) is 6.42 Å². The molecule has 6 rings (SSSR count). The summed E-state index contributed by atoms with van der Waals surface area (Å²) in [5.41, 5.74) is -1.53. The van der Waals surface area contributed by atoms with Crippen LogP contribution >= 0.6 is 11.6 Å². The van der Waals surface area contributed by atoms with Gasteiger partial charge < -0.3 is 25.0 Å². The molecule has 4 aliphatic rings. The molecule has 2 aromatic carbocycles. The van der Waals surface area contributed by atoms with E-state index in [2.05, 4.69) is 15.4 Å². The van der Waals surface area contributed by atoms with E-state index in [-0.39, 0.29) is 48.8 Å². The number of halogens is 2. The first-order chi connectivity index (χ1) is 26.0. The van der Waals surface area contributed by atoms with Gasteiger partial charge in [0.05, 0.1) is 18.0 Å². The summed E-state index contributed by atoms with van der Waals surface area (Å²) in [7, 11) is -4.40. The van der Waals surface area contributed by atoms with Crippen LogP contribution in [0.3, 0.4) is 0 Å². The Morgan fingerprint density at radius 2 is 1.82 bits per heavy atom. The molecule has 0 spiro atoms. The zero-order valence-corrected chi connectivity index (χ0v) is 32.4. The molecule has 296 valence electrons. The Morgan fingerprint density at radius 3 is 2.55 bits per heavy atom. The highest BCUT2D eigenvalue weighted by Crippen LogP contribution is 2.46. The maximum absolute atomic E-state index is 14.5. The Bertz CT molecular complexity index is 2010. The van der Waals surface area contributed by atoms with E-state index in [9.17, 15) is 36.8 Å². The van der Waals surface area contributed by atoms with Gasteiger partial charge in [-0.1, -0.05) is 54.8 Å². The molecular formula is C38H45ClFN5O9S. The fraction of sp³-hybridized carbons (Fsp3) is 0.500. The molecule has 1 aliphatic carbocycles. The highest BCUT2D eigenvalue weighted by molar-refractivity contribution is 7.90. The van der Waals surface area contributed by atoms with E-state index in [0.29, 0.717) is 30.4 Å². The van der Waals surface area contributed by atoms with Crippen molar-refractivity contribution in [3.8, 4) is 0 Å². The third-order valence-electron chi connectivity index (χ3n) is 10.1. The number of carbonyl (C=O) groups is 5. The minimum absolute atomic E-state index is 0.0212. The molecule has 0 unspecified atom stereocenters. The third kappa shape index (κ3) is 9.23. The Hall–Kier alpha value is -4.70. The van der Waals surface area contributed by atoms with Gasteiger partial charge in [-0.15, -0.1) is 0 Å².